The van der Waals surface area contributed by atoms with Gasteiger partial charge < -0.3 is 0 Å². The molecule has 0 N–H and O–H groups in total. The quantitative estimate of drug-likeness (QED) is 0.538. The SMILES string of the molecule is C=NC(=NC(=NCc1ccccc1)C1C=C(C)C=CC1)c1ccccc1. The van der Waals surface area contributed by atoms with Crippen molar-refractivity contribution in [2.75, 3.05) is 0 Å². The lowest BCUT2D eigenvalue weighted by Gasteiger charge is -2.16. The molecule has 3 heteroatoms. The molecular weight excluding hydrogens is 318 g/mol. The number of nitrogens with zero attached hydrogens (tertiary/aromatic N) is 3. The van der Waals surface area contributed by atoms with Crippen molar-refractivity contribution in [1.29, 1.82) is 0 Å². The molecule has 1 aliphatic carbocycles. The Kier molecular flexibility index (Phi) is 6.05. The average molecular weight is 341 g/mol. The van der Waals surface area contributed by atoms with Gasteiger partial charge in [0, 0.05) is 11.5 Å². The van der Waals surface area contributed by atoms with Gasteiger partial charge in [-0.3, -0.25) is 4.99 Å². The lowest BCUT2D eigenvalue weighted by Crippen LogP contribution is -2.15. The van der Waals surface area contributed by atoms with Crippen molar-refractivity contribution >= 4 is 18.4 Å². The summed E-state index contributed by atoms with van der Waals surface area (Å²) in [5.41, 5.74) is 3.35. The smallest absolute Gasteiger partial charge is 0.160 e. The summed E-state index contributed by atoms with van der Waals surface area (Å²) in [6.45, 7) is 6.41. The Morgan fingerprint density at radius 3 is 2.38 bits per heavy atom. The second-order valence-electron chi connectivity index (χ2n) is 6.27. The van der Waals surface area contributed by atoms with Crippen molar-refractivity contribution in [2.45, 2.75) is 19.9 Å². The van der Waals surface area contributed by atoms with Crippen LogP contribution in [0.3, 0.4) is 0 Å². The van der Waals surface area contributed by atoms with Gasteiger partial charge >= 0.3 is 0 Å². The van der Waals surface area contributed by atoms with E-state index in [1.54, 1.807) is 0 Å². The van der Waals surface area contributed by atoms with Gasteiger partial charge in [-0.05, 0) is 25.6 Å². The molecule has 1 atom stereocenters. The Hall–Kier alpha value is -3.07. The lowest BCUT2D eigenvalue weighted by molar-refractivity contribution is 0.834. The van der Waals surface area contributed by atoms with Crippen LogP contribution < -0.4 is 0 Å². The predicted octanol–water partition coefficient (Wildman–Crippen LogP) is 5.25. The maximum Gasteiger partial charge on any atom is 0.160 e. The standard InChI is InChI=1S/C23H23N3/c1-18-10-9-15-21(16-18)23(25-17-19-11-5-3-6-12-19)26-22(24-2)20-13-7-4-8-14-20/h3-14,16,21H,2,15,17H2,1H3. The fourth-order valence-electron chi connectivity index (χ4n) is 2.90. The van der Waals surface area contributed by atoms with Crippen molar-refractivity contribution in [1.82, 2.24) is 0 Å². The van der Waals surface area contributed by atoms with Crippen LogP contribution in [0.15, 0.2) is 99.4 Å². The van der Waals surface area contributed by atoms with Gasteiger partial charge in [0.15, 0.2) is 5.84 Å². The Balaban J connectivity index is 1.95. The van der Waals surface area contributed by atoms with Crippen LogP contribution >= 0.6 is 0 Å². The summed E-state index contributed by atoms with van der Waals surface area (Å²) in [5.74, 6) is 1.56. The van der Waals surface area contributed by atoms with Gasteiger partial charge in [-0.1, -0.05) is 84.5 Å². The number of allylic oxidation sites excluding steroid dienone is 3. The van der Waals surface area contributed by atoms with Crippen LogP contribution in [-0.2, 0) is 6.54 Å². The van der Waals surface area contributed by atoms with Gasteiger partial charge in [0.1, 0.15) is 5.84 Å². The average Bonchev–Trinajstić information content (AvgIpc) is 2.70. The van der Waals surface area contributed by atoms with Gasteiger partial charge in [0.25, 0.3) is 0 Å². The van der Waals surface area contributed by atoms with Gasteiger partial charge in [-0.25, -0.2) is 9.98 Å². The van der Waals surface area contributed by atoms with Crippen LogP contribution in [0.25, 0.3) is 0 Å². The minimum Gasteiger partial charge on any atom is -0.265 e. The van der Waals surface area contributed by atoms with Gasteiger partial charge in [0.2, 0.25) is 0 Å². The van der Waals surface area contributed by atoms with E-state index in [9.17, 15) is 0 Å². The summed E-state index contributed by atoms with van der Waals surface area (Å²) in [6, 6.07) is 20.1. The molecule has 0 aliphatic heterocycles. The third kappa shape index (κ3) is 4.73. The highest BCUT2D eigenvalue weighted by molar-refractivity contribution is 6.08. The molecule has 0 spiro atoms. The van der Waals surface area contributed by atoms with E-state index in [-0.39, 0.29) is 5.92 Å². The Bertz CT molecular complexity index is 859. The number of hydrogen-bond donors (Lipinski definition) is 0. The Morgan fingerprint density at radius 1 is 1.04 bits per heavy atom. The van der Waals surface area contributed by atoms with Gasteiger partial charge in [-0.2, -0.15) is 0 Å². The largest absolute Gasteiger partial charge is 0.265 e. The number of benzene rings is 2. The summed E-state index contributed by atoms with van der Waals surface area (Å²) in [4.78, 5) is 13.8. The highest BCUT2D eigenvalue weighted by Gasteiger charge is 2.16. The number of aliphatic imine (C=N–C) groups is 3. The zero-order valence-electron chi connectivity index (χ0n) is 15.0. The van der Waals surface area contributed by atoms with E-state index in [1.807, 2.05) is 48.5 Å². The first kappa shape index (κ1) is 17.7. The van der Waals surface area contributed by atoms with E-state index in [0.717, 1.165) is 17.8 Å². The minimum atomic E-state index is 0.157. The molecule has 0 aromatic heterocycles. The summed E-state index contributed by atoms with van der Waals surface area (Å²) < 4.78 is 0. The fourth-order valence-corrected chi connectivity index (χ4v) is 2.90. The zero-order valence-corrected chi connectivity index (χ0v) is 15.0. The fraction of sp³-hybridized carbons (Fsp3) is 0.174. The Morgan fingerprint density at radius 2 is 1.73 bits per heavy atom. The molecule has 1 unspecified atom stereocenters. The van der Waals surface area contributed by atoms with Crippen LogP contribution in [0.5, 0.6) is 0 Å². The van der Waals surface area contributed by atoms with E-state index in [0.29, 0.717) is 12.4 Å². The van der Waals surface area contributed by atoms with Crippen molar-refractivity contribution in [3.05, 3.63) is 95.6 Å². The van der Waals surface area contributed by atoms with Crippen LogP contribution in [-0.4, -0.2) is 18.4 Å². The molecule has 0 saturated heterocycles. The molecule has 2 aromatic rings. The van der Waals surface area contributed by atoms with Crippen molar-refractivity contribution in [2.24, 2.45) is 20.9 Å². The van der Waals surface area contributed by atoms with Crippen LogP contribution in [0.2, 0.25) is 0 Å². The normalized spacial score (nSPS) is 17.7. The second-order valence-corrected chi connectivity index (χ2v) is 6.27. The maximum absolute atomic E-state index is 4.83. The maximum atomic E-state index is 4.83. The van der Waals surface area contributed by atoms with E-state index in [4.69, 9.17) is 9.98 Å². The molecule has 0 saturated carbocycles. The molecule has 0 bridgehead atoms. The summed E-state index contributed by atoms with van der Waals surface area (Å²) in [7, 11) is 0. The first-order chi connectivity index (χ1) is 12.8. The lowest BCUT2D eigenvalue weighted by atomic mass is 9.95. The summed E-state index contributed by atoms with van der Waals surface area (Å²) in [6.07, 6.45) is 7.43. The van der Waals surface area contributed by atoms with Crippen molar-refractivity contribution < 1.29 is 0 Å². The molecule has 1 aliphatic rings. The molecule has 0 amide bonds. The van der Waals surface area contributed by atoms with Crippen LogP contribution in [0.4, 0.5) is 0 Å². The van der Waals surface area contributed by atoms with E-state index in [2.05, 4.69) is 49.0 Å². The monoisotopic (exact) mass is 341 g/mol. The first-order valence-electron chi connectivity index (χ1n) is 8.80. The highest BCUT2D eigenvalue weighted by atomic mass is 15.0. The zero-order chi connectivity index (χ0) is 18.2. The molecule has 130 valence electrons. The summed E-state index contributed by atoms with van der Waals surface area (Å²) >= 11 is 0. The third-order valence-corrected chi connectivity index (χ3v) is 4.24. The topological polar surface area (TPSA) is 37.1 Å². The number of rotatable bonds is 4. The molecule has 0 radical (unpaired) electrons. The van der Waals surface area contributed by atoms with E-state index < -0.39 is 0 Å². The molecule has 3 nitrogen and oxygen atoms in total. The Labute approximate surface area is 155 Å². The molecule has 3 rings (SSSR count). The molecule has 2 aromatic carbocycles. The number of hydrogen-bond acceptors (Lipinski definition) is 1. The van der Waals surface area contributed by atoms with Crippen LogP contribution in [0.1, 0.15) is 24.5 Å². The van der Waals surface area contributed by atoms with Crippen molar-refractivity contribution in [3.63, 3.8) is 0 Å². The van der Waals surface area contributed by atoms with Crippen LogP contribution in [0, 0.1) is 5.92 Å². The van der Waals surface area contributed by atoms with Gasteiger partial charge in [0.05, 0.1) is 6.54 Å². The second kappa shape index (κ2) is 8.86. The molecule has 0 fully saturated rings. The highest BCUT2D eigenvalue weighted by Crippen LogP contribution is 2.20. The van der Waals surface area contributed by atoms with E-state index >= 15 is 0 Å². The molecule has 0 heterocycles. The number of amidine groups is 2. The van der Waals surface area contributed by atoms with Crippen molar-refractivity contribution in [3.8, 4) is 0 Å². The van der Waals surface area contributed by atoms with E-state index in [1.165, 1.54) is 11.1 Å². The summed E-state index contributed by atoms with van der Waals surface area (Å²) in [5, 5.41) is 0. The molecular formula is C23H23N3. The minimum absolute atomic E-state index is 0.157. The predicted molar refractivity (Wildman–Crippen MR) is 111 cm³/mol. The first-order valence-corrected chi connectivity index (χ1v) is 8.80. The third-order valence-electron chi connectivity index (χ3n) is 4.24. The van der Waals surface area contributed by atoms with Gasteiger partial charge in [-0.15, -0.1) is 0 Å². The molecule has 26 heavy (non-hydrogen) atoms.